The second-order valence-electron chi connectivity index (χ2n) is 6.95. The van der Waals surface area contributed by atoms with Gasteiger partial charge in [-0.05, 0) is 54.3 Å². The van der Waals surface area contributed by atoms with Crippen molar-refractivity contribution in [2.24, 2.45) is 0 Å². The number of carbonyl (C=O) groups is 1. The predicted molar refractivity (Wildman–Crippen MR) is 117 cm³/mol. The van der Waals surface area contributed by atoms with Gasteiger partial charge in [0, 0.05) is 42.5 Å². The Morgan fingerprint density at radius 2 is 1.67 bits per heavy atom. The summed E-state index contributed by atoms with van der Waals surface area (Å²) in [6, 6.07) is 16.0. The third-order valence-corrected chi connectivity index (χ3v) is 4.71. The van der Waals surface area contributed by atoms with E-state index in [1.807, 2.05) is 25.3 Å². The molecule has 148 valence electrons. The number of nitrogens with zero attached hydrogens (tertiary/aromatic N) is 4. The van der Waals surface area contributed by atoms with Gasteiger partial charge in [0.05, 0.1) is 11.9 Å². The van der Waals surface area contributed by atoms with Crippen LogP contribution >= 0.6 is 0 Å². The van der Waals surface area contributed by atoms with E-state index in [2.05, 4.69) is 55.6 Å². The molecule has 0 fully saturated rings. The maximum atomic E-state index is 12.3. The summed E-state index contributed by atoms with van der Waals surface area (Å²) in [6.07, 6.45) is 9.49. The van der Waals surface area contributed by atoms with Crippen molar-refractivity contribution in [1.82, 2.24) is 19.9 Å². The smallest absolute Gasteiger partial charge is 0.225 e. The van der Waals surface area contributed by atoms with Gasteiger partial charge in [0.25, 0.3) is 0 Å². The highest BCUT2D eigenvalue weighted by Gasteiger charge is 2.06. The average molecular weight is 395 g/mol. The molecule has 0 bridgehead atoms. The zero-order chi connectivity index (χ0) is 20.8. The monoisotopic (exact) mass is 395 g/mol. The largest absolute Gasteiger partial charge is 0.311 e. The molecule has 1 aromatic carbocycles. The molecular weight excluding hydrogens is 374 g/mol. The predicted octanol–water partition coefficient (Wildman–Crippen LogP) is 4.48. The van der Waals surface area contributed by atoms with Gasteiger partial charge in [-0.15, -0.1) is 0 Å². The molecule has 1 amide bonds. The second kappa shape index (κ2) is 9.05. The van der Waals surface area contributed by atoms with E-state index in [0.717, 1.165) is 33.6 Å². The molecule has 0 aliphatic carbocycles. The number of hydrogen-bond donors (Lipinski definition) is 1. The van der Waals surface area contributed by atoms with Crippen LogP contribution in [0.1, 0.15) is 17.7 Å². The molecule has 4 aromatic rings. The van der Waals surface area contributed by atoms with Crippen molar-refractivity contribution in [3.8, 4) is 22.4 Å². The summed E-state index contributed by atoms with van der Waals surface area (Å²) in [6.45, 7) is 1.98. The molecule has 0 radical (unpaired) electrons. The summed E-state index contributed by atoms with van der Waals surface area (Å²) in [5, 5.41) is 2.84. The lowest BCUT2D eigenvalue weighted by atomic mass is 10.0. The maximum absolute atomic E-state index is 12.3. The van der Waals surface area contributed by atoms with Crippen molar-refractivity contribution in [3.63, 3.8) is 0 Å². The molecule has 0 aliphatic rings. The lowest BCUT2D eigenvalue weighted by molar-refractivity contribution is -0.116. The Bertz CT molecular complexity index is 1130. The van der Waals surface area contributed by atoms with E-state index < -0.39 is 0 Å². The fourth-order valence-corrected chi connectivity index (χ4v) is 3.12. The van der Waals surface area contributed by atoms with Crippen LogP contribution in [0.3, 0.4) is 0 Å². The first-order valence-corrected chi connectivity index (χ1v) is 9.72. The molecule has 0 unspecified atom stereocenters. The van der Waals surface area contributed by atoms with Crippen molar-refractivity contribution in [3.05, 3.63) is 90.8 Å². The summed E-state index contributed by atoms with van der Waals surface area (Å²) < 4.78 is 0. The zero-order valence-electron chi connectivity index (χ0n) is 16.6. The van der Waals surface area contributed by atoms with Crippen LogP contribution < -0.4 is 5.32 Å². The fraction of sp³-hybridized carbons (Fsp3) is 0.125. The fourth-order valence-electron chi connectivity index (χ4n) is 3.12. The van der Waals surface area contributed by atoms with Gasteiger partial charge in [0.15, 0.2) is 0 Å². The van der Waals surface area contributed by atoms with E-state index in [9.17, 15) is 4.79 Å². The van der Waals surface area contributed by atoms with Crippen LogP contribution in [-0.2, 0) is 11.2 Å². The lowest BCUT2D eigenvalue weighted by Crippen LogP contribution is -2.13. The van der Waals surface area contributed by atoms with Crippen molar-refractivity contribution in [2.45, 2.75) is 19.8 Å². The van der Waals surface area contributed by atoms with Crippen LogP contribution in [0, 0.1) is 6.92 Å². The number of pyridine rings is 2. The van der Waals surface area contributed by atoms with Crippen molar-refractivity contribution in [1.29, 1.82) is 0 Å². The van der Waals surface area contributed by atoms with E-state index >= 15 is 0 Å². The maximum Gasteiger partial charge on any atom is 0.225 e. The van der Waals surface area contributed by atoms with Crippen LogP contribution in [-0.4, -0.2) is 25.8 Å². The number of rotatable bonds is 6. The first-order valence-electron chi connectivity index (χ1n) is 9.72. The van der Waals surface area contributed by atoms with Crippen molar-refractivity contribution < 1.29 is 4.79 Å². The number of carbonyl (C=O) groups excluding carboxylic acids is 1. The number of nitrogens with one attached hydrogen (secondary N) is 1. The number of anilines is 1. The van der Waals surface area contributed by atoms with E-state index in [1.165, 1.54) is 0 Å². The van der Waals surface area contributed by atoms with Gasteiger partial charge in [-0.25, -0.2) is 4.98 Å². The van der Waals surface area contributed by atoms with Crippen molar-refractivity contribution in [2.75, 3.05) is 5.32 Å². The van der Waals surface area contributed by atoms with Crippen molar-refractivity contribution >= 4 is 11.7 Å². The van der Waals surface area contributed by atoms with Gasteiger partial charge >= 0.3 is 0 Å². The first kappa shape index (κ1) is 19.4. The Morgan fingerprint density at radius 3 is 2.37 bits per heavy atom. The van der Waals surface area contributed by atoms with Gasteiger partial charge in [-0.2, -0.15) is 0 Å². The number of aromatic nitrogens is 4. The van der Waals surface area contributed by atoms with Gasteiger partial charge in [0.1, 0.15) is 5.82 Å². The molecule has 6 nitrogen and oxygen atoms in total. The number of aryl methyl sites for hydroxylation is 2. The highest BCUT2D eigenvalue weighted by atomic mass is 16.1. The van der Waals surface area contributed by atoms with Gasteiger partial charge in [-0.3, -0.25) is 19.7 Å². The van der Waals surface area contributed by atoms with Crippen LogP contribution in [0.2, 0.25) is 0 Å². The Labute approximate surface area is 175 Å². The molecular formula is C24H21N5O. The Balaban J connectivity index is 1.31. The molecule has 6 heteroatoms. The zero-order valence-corrected chi connectivity index (χ0v) is 16.6. The summed E-state index contributed by atoms with van der Waals surface area (Å²) >= 11 is 0. The summed E-state index contributed by atoms with van der Waals surface area (Å²) in [5.74, 6) is 0.458. The lowest BCUT2D eigenvalue weighted by Gasteiger charge is -2.07. The normalized spacial score (nSPS) is 10.6. The Hall–Kier alpha value is -3.93. The molecule has 0 saturated heterocycles. The number of hydrogen-bond acceptors (Lipinski definition) is 5. The second-order valence-corrected chi connectivity index (χ2v) is 6.95. The van der Waals surface area contributed by atoms with E-state index in [0.29, 0.717) is 18.7 Å². The molecule has 1 N–H and O–H groups in total. The van der Waals surface area contributed by atoms with E-state index in [4.69, 9.17) is 0 Å². The van der Waals surface area contributed by atoms with Crippen LogP contribution in [0.15, 0.2) is 79.5 Å². The number of benzene rings is 1. The molecule has 4 rings (SSSR count). The molecule has 3 aromatic heterocycles. The van der Waals surface area contributed by atoms with E-state index in [1.54, 1.807) is 30.9 Å². The average Bonchev–Trinajstić information content (AvgIpc) is 2.79. The van der Waals surface area contributed by atoms with Gasteiger partial charge < -0.3 is 5.32 Å². The first-order chi connectivity index (χ1) is 14.7. The SMILES string of the molecule is Cc1cc(-c2ccc(CCC(=O)Nc3ccc(-c4cnccn4)cn3)cc2)ccn1. The molecule has 0 atom stereocenters. The minimum absolute atomic E-state index is 0.0661. The molecule has 0 saturated carbocycles. The van der Waals surface area contributed by atoms with Gasteiger partial charge in [-0.1, -0.05) is 24.3 Å². The molecule has 0 aliphatic heterocycles. The molecule has 0 spiro atoms. The summed E-state index contributed by atoms with van der Waals surface area (Å²) in [5.41, 5.74) is 5.99. The molecule has 30 heavy (non-hydrogen) atoms. The number of amides is 1. The highest BCUT2D eigenvalue weighted by molar-refractivity contribution is 5.90. The van der Waals surface area contributed by atoms with Crippen LogP contribution in [0.4, 0.5) is 5.82 Å². The topological polar surface area (TPSA) is 80.7 Å². The Morgan fingerprint density at radius 1 is 0.833 bits per heavy atom. The van der Waals surface area contributed by atoms with E-state index in [-0.39, 0.29) is 5.91 Å². The third kappa shape index (κ3) is 4.91. The highest BCUT2D eigenvalue weighted by Crippen LogP contribution is 2.20. The quantitative estimate of drug-likeness (QED) is 0.521. The summed E-state index contributed by atoms with van der Waals surface area (Å²) in [4.78, 5) is 29.1. The van der Waals surface area contributed by atoms with Crippen LogP contribution in [0.5, 0.6) is 0 Å². The summed E-state index contributed by atoms with van der Waals surface area (Å²) in [7, 11) is 0. The standard InChI is InChI=1S/C24H21N5O/c1-17-14-20(10-11-26-17)19-5-2-18(3-6-19)4-9-24(30)29-23-8-7-21(15-28-23)22-16-25-12-13-27-22/h2-3,5-8,10-16H,4,9H2,1H3,(H,28,29,30). The molecule has 3 heterocycles. The Kier molecular flexibility index (Phi) is 5.85. The minimum atomic E-state index is -0.0661. The minimum Gasteiger partial charge on any atom is -0.311 e. The third-order valence-electron chi connectivity index (χ3n) is 4.71. The van der Waals surface area contributed by atoms with Gasteiger partial charge in [0.2, 0.25) is 5.91 Å². The van der Waals surface area contributed by atoms with Crippen LogP contribution in [0.25, 0.3) is 22.4 Å².